The summed E-state index contributed by atoms with van der Waals surface area (Å²) in [4.78, 5) is 14.5. The van der Waals surface area contributed by atoms with Gasteiger partial charge in [-0.2, -0.15) is 0 Å². The highest BCUT2D eigenvalue weighted by Crippen LogP contribution is 2.24. The number of carbonyl (C=O) groups excluding carboxylic acids is 1. The van der Waals surface area contributed by atoms with E-state index in [1.807, 2.05) is 30.1 Å². The number of rotatable bonds is 3. The first-order valence-electron chi connectivity index (χ1n) is 6.03. The third-order valence-electron chi connectivity index (χ3n) is 3.19. The van der Waals surface area contributed by atoms with Crippen molar-refractivity contribution in [1.82, 2.24) is 10.2 Å². The molecular formula is C13H16Br2N2O. The number of hydrogen-bond acceptors (Lipinski definition) is 2. The Morgan fingerprint density at radius 2 is 2.06 bits per heavy atom. The van der Waals surface area contributed by atoms with Gasteiger partial charge in [0.15, 0.2) is 0 Å². The highest BCUT2D eigenvalue weighted by molar-refractivity contribution is 9.11. The zero-order valence-corrected chi connectivity index (χ0v) is 13.4. The quantitative estimate of drug-likeness (QED) is 0.880. The average molecular weight is 376 g/mol. The van der Waals surface area contributed by atoms with Crippen molar-refractivity contribution in [3.05, 3.63) is 32.7 Å². The summed E-state index contributed by atoms with van der Waals surface area (Å²) in [5.74, 6) is 0.120. The molecule has 1 aliphatic heterocycles. The maximum absolute atomic E-state index is 12.5. The molecule has 1 N–H and O–H groups in total. The number of benzene rings is 1. The summed E-state index contributed by atoms with van der Waals surface area (Å²) in [5.41, 5.74) is 0.735. The zero-order chi connectivity index (χ0) is 13.1. The Morgan fingerprint density at radius 3 is 2.67 bits per heavy atom. The van der Waals surface area contributed by atoms with E-state index in [9.17, 15) is 4.79 Å². The molecule has 18 heavy (non-hydrogen) atoms. The van der Waals surface area contributed by atoms with E-state index in [-0.39, 0.29) is 5.91 Å². The van der Waals surface area contributed by atoms with Gasteiger partial charge in [-0.3, -0.25) is 4.79 Å². The number of nitrogens with one attached hydrogen (secondary N) is 1. The molecule has 98 valence electrons. The number of likely N-dealkylation sites (tertiary alicyclic amines) is 1. The normalized spacial score (nSPS) is 19.3. The van der Waals surface area contributed by atoms with Gasteiger partial charge in [0.1, 0.15) is 0 Å². The Kier molecular flexibility index (Phi) is 4.81. The Hall–Kier alpha value is -0.390. The lowest BCUT2D eigenvalue weighted by Crippen LogP contribution is -2.40. The number of hydrogen-bond donors (Lipinski definition) is 1. The van der Waals surface area contributed by atoms with Crippen molar-refractivity contribution in [2.24, 2.45) is 0 Å². The van der Waals surface area contributed by atoms with Crippen LogP contribution in [0.2, 0.25) is 0 Å². The van der Waals surface area contributed by atoms with Gasteiger partial charge in [0.25, 0.3) is 5.91 Å². The van der Waals surface area contributed by atoms with E-state index in [1.165, 1.54) is 0 Å². The van der Waals surface area contributed by atoms with Crippen LogP contribution in [0.25, 0.3) is 0 Å². The number of halogens is 2. The topological polar surface area (TPSA) is 32.3 Å². The van der Waals surface area contributed by atoms with Gasteiger partial charge in [-0.1, -0.05) is 31.9 Å². The monoisotopic (exact) mass is 374 g/mol. The van der Waals surface area contributed by atoms with Crippen LogP contribution in [-0.2, 0) is 0 Å². The molecule has 1 saturated heterocycles. The number of amides is 1. The van der Waals surface area contributed by atoms with Crippen LogP contribution in [0.3, 0.4) is 0 Å². The predicted molar refractivity (Wildman–Crippen MR) is 79.8 cm³/mol. The fraction of sp³-hybridized carbons (Fsp3) is 0.462. The van der Waals surface area contributed by atoms with Gasteiger partial charge < -0.3 is 10.2 Å². The molecule has 0 aromatic heterocycles. The van der Waals surface area contributed by atoms with Crippen molar-refractivity contribution in [3.8, 4) is 0 Å². The van der Waals surface area contributed by atoms with Crippen LogP contribution in [0.15, 0.2) is 27.1 Å². The van der Waals surface area contributed by atoms with Gasteiger partial charge in [0.05, 0.1) is 0 Å². The second-order valence-electron chi connectivity index (χ2n) is 4.51. The first kappa shape index (κ1) is 14.0. The van der Waals surface area contributed by atoms with Gasteiger partial charge in [0.2, 0.25) is 0 Å². The molecular weight excluding hydrogens is 360 g/mol. The fourth-order valence-corrected chi connectivity index (χ4v) is 3.69. The Morgan fingerprint density at radius 1 is 1.39 bits per heavy atom. The van der Waals surface area contributed by atoms with Crippen LogP contribution < -0.4 is 5.32 Å². The van der Waals surface area contributed by atoms with Crippen molar-refractivity contribution in [2.45, 2.75) is 18.9 Å². The second kappa shape index (κ2) is 6.17. The Balaban J connectivity index is 2.19. The summed E-state index contributed by atoms with van der Waals surface area (Å²) in [6, 6.07) is 6.01. The molecule has 1 aromatic rings. The van der Waals surface area contributed by atoms with Crippen molar-refractivity contribution in [2.75, 3.05) is 20.1 Å². The molecule has 0 spiro atoms. The minimum absolute atomic E-state index is 0.120. The SMILES string of the molecule is CNCC1CCCN1C(=O)c1cc(Br)cc(Br)c1. The summed E-state index contributed by atoms with van der Waals surface area (Å²) in [7, 11) is 1.93. The molecule has 5 heteroatoms. The highest BCUT2D eigenvalue weighted by atomic mass is 79.9. The molecule has 1 unspecified atom stereocenters. The van der Waals surface area contributed by atoms with Gasteiger partial charge in [-0.25, -0.2) is 0 Å². The minimum Gasteiger partial charge on any atom is -0.334 e. The van der Waals surface area contributed by atoms with Crippen LogP contribution in [0, 0.1) is 0 Å². The maximum atomic E-state index is 12.5. The lowest BCUT2D eigenvalue weighted by molar-refractivity contribution is 0.0737. The molecule has 1 atom stereocenters. The molecule has 2 rings (SSSR count). The van der Waals surface area contributed by atoms with Crippen LogP contribution in [-0.4, -0.2) is 37.0 Å². The summed E-state index contributed by atoms with van der Waals surface area (Å²) in [6.07, 6.45) is 2.18. The Labute approximate surface area is 124 Å². The number of nitrogens with zero attached hydrogens (tertiary/aromatic N) is 1. The standard InChI is InChI=1S/C13H16Br2N2O/c1-16-8-12-3-2-4-17(12)13(18)9-5-10(14)7-11(15)6-9/h5-7,12,16H,2-4,8H2,1H3. The predicted octanol–water partition coefficient (Wildman–Crippen LogP) is 3.04. The van der Waals surface area contributed by atoms with Crippen molar-refractivity contribution in [1.29, 1.82) is 0 Å². The fourth-order valence-electron chi connectivity index (χ4n) is 2.39. The van der Waals surface area contributed by atoms with E-state index in [0.29, 0.717) is 6.04 Å². The first-order valence-corrected chi connectivity index (χ1v) is 7.62. The highest BCUT2D eigenvalue weighted by Gasteiger charge is 2.28. The van der Waals surface area contributed by atoms with Gasteiger partial charge in [-0.15, -0.1) is 0 Å². The van der Waals surface area contributed by atoms with Crippen molar-refractivity contribution in [3.63, 3.8) is 0 Å². The second-order valence-corrected chi connectivity index (χ2v) is 6.34. The van der Waals surface area contributed by atoms with Gasteiger partial charge >= 0.3 is 0 Å². The van der Waals surface area contributed by atoms with E-state index in [2.05, 4.69) is 37.2 Å². The third kappa shape index (κ3) is 3.13. The van der Waals surface area contributed by atoms with Gasteiger partial charge in [0, 0.05) is 33.6 Å². The molecule has 1 amide bonds. The van der Waals surface area contributed by atoms with E-state index in [4.69, 9.17) is 0 Å². The lowest BCUT2D eigenvalue weighted by Gasteiger charge is -2.24. The molecule has 0 saturated carbocycles. The molecule has 1 heterocycles. The van der Waals surface area contributed by atoms with Crippen molar-refractivity contribution < 1.29 is 4.79 Å². The molecule has 0 aliphatic carbocycles. The number of likely N-dealkylation sites (N-methyl/N-ethyl adjacent to an activating group) is 1. The van der Waals surface area contributed by atoms with E-state index in [1.54, 1.807) is 0 Å². The first-order chi connectivity index (χ1) is 8.61. The molecule has 1 fully saturated rings. The smallest absolute Gasteiger partial charge is 0.254 e. The van der Waals surface area contributed by atoms with Crippen molar-refractivity contribution >= 4 is 37.8 Å². The van der Waals surface area contributed by atoms with Gasteiger partial charge in [-0.05, 0) is 38.1 Å². The van der Waals surface area contributed by atoms with Crippen LogP contribution in [0.5, 0.6) is 0 Å². The van der Waals surface area contributed by atoms with Crippen LogP contribution in [0.1, 0.15) is 23.2 Å². The average Bonchev–Trinajstić information content (AvgIpc) is 2.75. The summed E-state index contributed by atoms with van der Waals surface area (Å²) < 4.78 is 1.84. The molecule has 3 nitrogen and oxygen atoms in total. The van der Waals surface area contributed by atoms with Crippen LogP contribution in [0.4, 0.5) is 0 Å². The summed E-state index contributed by atoms with van der Waals surface area (Å²) >= 11 is 6.85. The summed E-state index contributed by atoms with van der Waals surface area (Å²) in [5, 5.41) is 3.16. The molecule has 1 aliphatic rings. The van der Waals surface area contributed by atoms with E-state index < -0.39 is 0 Å². The largest absolute Gasteiger partial charge is 0.334 e. The van der Waals surface area contributed by atoms with Crippen LogP contribution >= 0.6 is 31.9 Å². The summed E-state index contributed by atoms with van der Waals surface area (Å²) in [6.45, 7) is 1.72. The Bertz CT molecular complexity index is 430. The lowest BCUT2D eigenvalue weighted by atomic mass is 10.1. The maximum Gasteiger partial charge on any atom is 0.254 e. The van der Waals surface area contributed by atoms with E-state index >= 15 is 0 Å². The molecule has 0 radical (unpaired) electrons. The third-order valence-corrected chi connectivity index (χ3v) is 4.10. The molecule has 1 aromatic carbocycles. The number of carbonyl (C=O) groups is 1. The minimum atomic E-state index is 0.120. The zero-order valence-electron chi connectivity index (χ0n) is 10.2. The van der Waals surface area contributed by atoms with E-state index in [0.717, 1.165) is 40.4 Å². The molecule has 0 bridgehead atoms.